The third kappa shape index (κ3) is 5.82. The number of carboxylic acid groups (broad SMARTS) is 1. The topological polar surface area (TPSA) is 172 Å². The number of carboxylic acids is 1. The summed E-state index contributed by atoms with van der Waals surface area (Å²) in [6.07, 6.45) is 0.663. The smallest absolute Gasteiger partial charge is 0.353 e. The Hall–Kier alpha value is -1.75. The zero-order valence-corrected chi connectivity index (χ0v) is 23.0. The number of carbonyl (C=O) groups excluding carboxylic acids is 2. The molecular formula is C22H37N7O6S2. The average molecular weight is 560 g/mol. The maximum Gasteiger partial charge on any atom is 0.353 e. The molecule has 0 radical (unpaired) electrons. The molecule has 37 heavy (non-hydrogen) atoms. The number of hydrogen-bond acceptors (Lipinski definition) is 9. The van der Waals surface area contributed by atoms with Crippen molar-refractivity contribution in [2.45, 2.75) is 43.6 Å². The van der Waals surface area contributed by atoms with Crippen LogP contribution >= 0.6 is 11.8 Å². The van der Waals surface area contributed by atoms with Gasteiger partial charge in [0.15, 0.2) is 0 Å². The van der Waals surface area contributed by atoms with Crippen molar-refractivity contribution in [1.29, 1.82) is 0 Å². The molecule has 2 amide bonds. The van der Waals surface area contributed by atoms with Gasteiger partial charge in [0.2, 0.25) is 11.8 Å². The Balaban J connectivity index is 1.36. The fourth-order valence-corrected chi connectivity index (χ4v) is 8.42. The van der Waals surface area contributed by atoms with Crippen molar-refractivity contribution in [3.05, 3.63) is 10.6 Å². The Morgan fingerprint density at radius 3 is 2.62 bits per heavy atom. The SMILES string of the molecule is CNCC(=O)N[C@H](C)[C@H]1C(=O)N2C(C(=O)O)=C(SC3CN[C@H](CNS(=O)(=O)N4CCNCC4)C3)C(C)[C@H]12. The van der Waals surface area contributed by atoms with E-state index in [2.05, 4.69) is 26.0 Å². The Morgan fingerprint density at radius 1 is 1.27 bits per heavy atom. The molecular weight excluding hydrogens is 522 g/mol. The van der Waals surface area contributed by atoms with E-state index in [1.165, 1.54) is 21.0 Å². The van der Waals surface area contributed by atoms with E-state index in [-0.39, 0.29) is 53.9 Å². The van der Waals surface area contributed by atoms with Crippen LogP contribution in [-0.2, 0) is 24.6 Å². The van der Waals surface area contributed by atoms with Crippen LogP contribution in [0.4, 0.5) is 0 Å². The molecule has 0 aliphatic carbocycles. The molecule has 6 atom stereocenters. The molecule has 4 rings (SSSR count). The molecule has 3 saturated heterocycles. The molecule has 0 aromatic heterocycles. The van der Waals surface area contributed by atoms with Gasteiger partial charge >= 0.3 is 5.97 Å². The molecule has 13 nitrogen and oxygen atoms in total. The van der Waals surface area contributed by atoms with Crippen molar-refractivity contribution < 1.29 is 27.9 Å². The van der Waals surface area contributed by atoms with E-state index < -0.39 is 28.1 Å². The second kappa shape index (κ2) is 11.6. The second-order valence-electron chi connectivity index (χ2n) is 10.0. The van der Waals surface area contributed by atoms with E-state index >= 15 is 0 Å². The summed E-state index contributed by atoms with van der Waals surface area (Å²) in [5.41, 5.74) is 0.0281. The predicted octanol–water partition coefficient (Wildman–Crippen LogP) is -2.31. The Kier molecular flexibility index (Phi) is 8.82. The molecule has 0 aromatic rings. The first-order chi connectivity index (χ1) is 17.5. The van der Waals surface area contributed by atoms with Gasteiger partial charge in [0.25, 0.3) is 10.2 Å². The summed E-state index contributed by atoms with van der Waals surface area (Å²) in [6.45, 7) is 6.82. The number of fused-ring (bicyclic) bond motifs is 1. The van der Waals surface area contributed by atoms with Crippen molar-refractivity contribution in [2.75, 3.05) is 52.9 Å². The van der Waals surface area contributed by atoms with Gasteiger partial charge in [0, 0.05) is 67.4 Å². The molecule has 4 heterocycles. The molecule has 4 aliphatic rings. The molecule has 6 N–H and O–H groups in total. The third-order valence-corrected chi connectivity index (χ3v) is 10.5. The van der Waals surface area contributed by atoms with Crippen LogP contribution in [0.5, 0.6) is 0 Å². The molecule has 208 valence electrons. The molecule has 0 bridgehead atoms. The summed E-state index contributed by atoms with van der Waals surface area (Å²) in [6, 6.07) is -0.811. The van der Waals surface area contributed by atoms with Crippen LogP contribution in [0.2, 0.25) is 0 Å². The van der Waals surface area contributed by atoms with Crippen molar-refractivity contribution >= 4 is 39.8 Å². The number of nitrogens with zero attached hydrogens (tertiary/aromatic N) is 2. The zero-order valence-electron chi connectivity index (χ0n) is 21.3. The number of rotatable bonds is 11. The van der Waals surface area contributed by atoms with Crippen molar-refractivity contribution in [3.8, 4) is 0 Å². The van der Waals surface area contributed by atoms with Crippen LogP contribution in [0, 0.1) is 11.8 Å². The van der Waals surface area contributed by atoms with Gasteiger partial charge in [0.1, 0.15) is 5.70 Å². The summed E-state index contributed by atoms with van der Waals surface area (Å²) < 4.78 is 29.3. The highest BCUT2D eigenvalue weighted by molar-refractivity contribution is 8.03. The second-order valence-corrected chi connectivity index (χ2v) is 13.1. The van der Waals surface area contributed by atoms with Gasteiger partial charge in [-0.15, -0.1) is 11.8 Å². The lowest BCUT2D eigenvalue weighted by Crippen LogP contribution is -2.66. The highest BCUT2D eigenvalue weighted by Crippen LogP contribution is 2.51. The summed E-state index contributed by atoms with van der Waals surface area (Å²) in [7, 11) is -1.88. The number of likely N-dealkylation sites (N-methyl/N-ethyl adjacent to an activating group) is 1. The first kappa shape index (κ1) is 28.3. The molecule has 4 aliphatic heterocycles. The van der Waals surface area contributed by atoms with E-state index in [1.807, 2.05) is 6.92 Å². The monoisotopic (exact) mass is 559 g/mol. The molecule has 3 fully saturated rings. The fourth-order valence-electron chi connectivity index (χ4n) is 5.64. The normalized spacial score (nSPS) is 31.3. The van der Waals surface area contributed by atoms with Gasteiger partial charge < -0.3 is 31.3 Å². The first-order valence-electron chi connectivity index (χ1n) is 12.6. The molecule has 0 aromatic carbocycles. The van der Waals surface area contributed by atoms with Gasteiger partial charge in [-0.2, -0.15) is 12.7 Å². The van der Waals surface area contributed by atoms with Crippen LogP contribution < -0.4 is 26.0 Å². The first-order valence-corrected chi connectivity index (χ1v) is 15.0. The highest BCUT2D eigenvalue weighted by Gasteiger charge is 2.60. The minimum Gasteiger partial charge on any atom is -0.477 e. The zero-order chi connectivity index (χ0) is 26.9. The van der Waals surface area contributed by atoms with Crippen molar-refractivity contribution in [3.63, 3.8) is 0 Å². The molecule has 0 spiro atoms. The molecule has 2 unspecified atom stereocenters. The standard InChI is InChI=1S/C22H37N7O6S2/c1-12-18-17(13(2)27-16(30)11-23-3)21(31)29(18)19(22(32)33)20(12)36-15-8-14(25-10-15)9-26-37(34,35)28-6-4-24-5-7-28/h12-15,17-18,23-26H,4-11H2,1-3H3,(H,27,30)(H,32,33)/t12?,13-,14+,15?,17-,18-/m1/s1. The number of β-lactam (4-membered cyclic amide) rings is 1. The van der Waals surface area contributed by atoms with Crippen molar-refractivity contribution in [1.82, 2.24) is 35.2 Å². The van der Waals surface area contributed by atoms with Crippen molar-refractivity contribution in [2.24, 2.45) is 11.8 Å². The van der Waals surface area contributed by atoms with Gasteiger partial charge in [-0.3, -0.25) is 9.59 Å². The van der Waals surface area contributed by atoms with Gasteiger partial charge in [-0.05, 0) is 20.4 Å². The van der Waals surface area contributed by atoms with Crippen LogP contribution in [0.25, 0.3) is 0 Å². The Morgan fingerprint density at radius 2 is 1.97 bits per heavy atom. The lowest BCUT2D eigenvalue weighted by atomic mass is 9.78. The Labute approximate surface area is 221 Å². The van der Waals surface area contributed by atoms with Gasteiger partial charge in [-0.25, -0.2) is 9.52 Å². The minimum absolute atomic E-state index is 0.0281. The largest absolute Gasteiger partial charge is 0.477 e. The lowest BCUT2D eigenvalue weighted by Gasteiger charge is -2.47. The van der Waals surface area contributed by atoms with Gasteiger partial charge in [-0.1, -0.05) is 6.92 Å². The summed E-state index contributed by atoms with van der Waals surface area (Å²) in [4.78, 5) is 39.2. The summed E-state index contributed by atoms with van der Waals surface area (Å²) in [5, 5.41) is 22.1. The number of aliphatic carboxylic acids is 1. The molecule has 15 heteroatoms. The third-order valence-electron chi connectivity index (χ3n) is 7.46. The Bertz CT molecular complexity index is 1050. The summed E-state index contributed by atoms with van der Waals surface area (Å²) >= 11 is 1.46. The van der Waals surface area contributed by atoms with E-state index in [9.17, 15) is 27.9 Å². The van der Waals surface area contributed by atoms with Crippen LogP contribution in [-0.4, -0.2) is 117 Å². The number of hydrogen-bond donors (Lipinski definition) is 6. The quantitative estimate of drug-likeness (QED) is 0.151. The van der Waals surface area contributed by atoms with E-state index in [0.717, 1.165) is 0 Å². The highest BCUT2D eigenvalue weighted by atomic mass is 32.2. The molecule has 0 saturated carbocycles. The summed E-state index contributed by atoms with van der Waals surface area (Å²) in [5.74, 6) is -2.32. The van der Waals surface area contributed by atoms with Crippen LogP contribution in [0.3, 0.4) is 0 Å². The number of amides is 2. The number of nitrogens with one attached hydrogen (secondary N) is 5. The fraction of sp³-hybridized carbons (Fsp3) is 0.773. The van der Waals surface area contributed by atoms with Gasteiger partial charge in [0.05, 0.1) is 18.5 Å². The maximum atomic E-state index is 13.0. The number of piperazine rings is 1. The van der Waals surface area contributed by atoms with E-state index in [0.29, 0.717) is 44.0 Å². The van der Waals surface area contributed by atoms with E-state index in [1.54, 1.807) is 14.0 Å². The van der Waals surface area contributed by atoms with Crippen LogP contribution in [0.1, 0.15) is 20.3 Å². The van der Waals surface area contributed by atoms with E-state index in [4.69, 9.17) is 0 Å². The average Bonchev–Trinajstić information content (AvgIpc) is 3.39. The lowest BCUT2D eigenvalue weighted by molar-refractivity contribution is -0.158. The minimum atomic E-state index is -3.55. The number of carbonyl (C=O) groups is 3. The number of thioether (sulfide) groups is 1. The van der Waals surface area contributed by atoms with Crippen LogP contribution in [0.15, 0.2) is 10.6 Å². The maximum absolute atomic E-state index is 13.0. The predicted molar refractivity (Wildman–Crippen MR) is 139 cm³/mol.